The molecule has 0 radical (unpaired) electrons. The number of halogens is 1. The molecule has 0 unspecified atom stereocenters. The van der Waals surface area contributed by atoms with Crippen molar-refractivity contribution in [1.82, 2.24) is 15.5 Å². The van der Waals surface area contributed by atoms with Crippen molar-refractivity contribution in [2.24, 2.45) is 5.92 Å². The number of nitrogens with one attached hydrogen (secondary N) is 1. The monoisotopic (exact) mass is 231 g/mol. The minimum Gasteiger partial charge on any atom is -0.350 e. The van der Waals surface area contributed by atoms with Gasteiger partial charge in [0.2, 0.25) is 9.47 Å². The van der Waals surface area contributed by atoms with E-state index in [2.05, 4.69) is 15.5 Å². The van der Waals surface area contributed by atoms with E-state index < -0.39 is 0 Å². The Morgan fingerprint density at radius 3 is 2.86 bits per heavy atom. The van der Waals surface area contributed by atoms with Crippen LogP contribution in [0.4, 0.5) is 0 Å². The van der Waals surface area contributed by atoms with Gasteiger partial charge in [-0.3, -0.25) is 4.79 Å². The van der Waals surface area contributed by atoms with Gasteiger partial charge < -0.3 is 5.32 Å². The molecule has 1 aliphatic carbocycles. The molecule has 2 rings (SSSR count). The molecule has 1 amide bonds. The smallest absolute Gasteiger partial charge is 0.282 e. The zero-order valence-corrected chi connectivity index (χ0v) is 9.07. The van der Waals surface area contributed by atoms with Gasteiger partial charge in [-0.05, 0) is 30.4 Å². The minimum absolute atomic E-state index is 0.165. The molecule has 1 aliphatic rings. The lowest BCUT2D eigenvalue weighted by Gasteiger charge is -2.24. The topological polar surface area (TPSA) is 54.9 Å². The molecular formula is C8H10ClN3OS. The molecule has 0 spiro atoms. The third-order valence-electron chi connectivity index (χ3n) is 2.37. The van der Waals surface area contributed by atoms with Gasteiger partial charge in [-0.15, -0.1) is 10.2 Å². The number of nitrogens with zero attached hydrogens (tertiary/aromatic N) is 2. The van der Waals surface area contributed by atoms with Crippen LogP contribution < -0.4 is 5.32 Å². The maximum absolute atomic E-state index is 11.4. The molecule has 1 saturated carbocycles. The summed E-state index contributed by atoms with van der Waals surface area (Å²) in [7, 11) is 0. The van der Waals surface area contributed by atoms with E-state index in [1.54, 1.807) is 0 Å². The second-order valence-electron chi connectivity index (χ2n) is 3.37. The Kier molecular flexibility index (Phi) is 2.98. The quantitative estimate of drug-likeness (QED) is 0.862. The van der Waals surface area contributed by atoms with Crippen LogP contribution in [-0.4, -0.2) is 22.6 Å². The molecule has 1 aromatic rings. The first kappa shape index (κ1) is 9.86. The molecule has 0 saturated heterocycles. The zero-order valence-electron chi connectivity index (χ0n) is 7.49. The summed E-state index contributed by atoms with van der Waals surface area (Å²) in [6.45, 7) is 0.746. The highest BCUT2D eigenvalue weighted by Gasteiger charge is 2.19. The van der Waals surface area contributed by atoms with E-state index in [9.17, 15) is 4.79 Å². The molecule has 14 heavy (non-hydrogen) atoms. The SMILES string of the molecule is O=C(NCC1CCC1)c1nnc(Cl)s1. The fourth-order valence-corrected chi connectivity index (χ4v) is 2.05. The molecule has 1 N–H and O–H groups in total. The Labute approximate surface area is 90.7 Å². The standard InChI is InChI=1S/C8H10ClN3OS/c9-8-12-11-7(14-8)6(13)10-4-5-2-1-3-5/h5H,1-4H2,(H,10,13). The number of carbonyl (C=O) groups is 1. The second-order valence-corrected chi connectivity index (χ2v) is 4.93. The summed E-state index contributed by atoms with van der Waals surface area (Å²) < 4.78 is 0.304. The molecule has 0 aliphatic heterocycles. The number of amides is 1. The fraction of sp³-hybridized carbons (Fsp3) is 0.625. The van der Waals surface area contributed by atoms with Crippen molar-refractivity contribution in [3.63, 3.8) is 0 Å². The van der Waals surface area contributed by atoms with Gasteiger partial charge in [-0.2, -0.15) is 0 Å². The van der Waals surface area contributed by atoms with E-state index in [0.29, 0.717) is 15.4 Å². The number of hydrogen-bond acceptors (Lipinski definition) is 4. The molecule has 76 valence electrons. The largest absolute Gasteiger partial charge is 0.350 e. The first-order valence-corrected chi connectivity index (χ1v) is 5.72. The van der Waals surface area contributed by atoms with E-state index in [0.717, 1.165) is 17.9 Å². The van der Waals surface area contributed by atoms with Gasteiger partial charge >= 0.3 is 0 Å². The van der Waals surface area contributed by atoms with Crippen LogP contribution >= 0.6 is 22.9 Å². The molecule has 1 fully saturated rings. The Hall–Kier alpha value is -0.680. The third-order valence-corrected chi connectivity index (χ3v) is 3.39. The van der Waals surface area contributed by atoms with E-state index >= 15 is 0 Å². The van der Waals surface area contributed by atoms with Crippen molar-refractivity contribution < 1.29 is 4.79 Å². The summed E-state index contributed by atoms with van der Waals surface area (Å²) in [5, 5.41) is 10.4. The van der Waals surface area contributed by atoms with E-state index in [1.165, 1.54) is 19.3 Å². The molecule has 1 aromatic heterocycles. The highest BCUT2D eigenvalue weighted by atomic mass is 35.5. The van der Waals surface area contributed by atoms with Crippen LogP contribution in [0.15, 0.2) is 0 Å². The molecule has 4 nitrogen and oxygen atoms in total. The van der Waals surface area contributed by atoms with Gasteiger partial charge in [0.1, 0.15) is 0 Å². The lowest BCUT2D eigenvalue weighted by molar-refractivity contribution is 0.0938. The van der Waals surface area contributed by atoms with Gasteiger partial charge in [-0.25, -0.2) is 0 Å². The zero-order chi connectivity index (χ0) is 9.97. The van der Waals surface area contributed by atoms with Gasteiger partial charge in [0.15, 0.2) is 0 Å². The normalized spacial score (nSPS) is 16.4. The van der Waals surface area contributed by atoms with Crippen LogP contribution in [0.2, 0.25) is 4.47 Å². The van der Waals surface area contributed by atoms with Crippen LogP contribution in [0, 0.1) is 5.92 Å². The summed E-state index contributed by atoms with van der Waals surface area (Å²) in [5.74, 6) is 0.489. The molecule has 6 heteroatoms. The number of hydrogen-bond donors (Lipinski definition) is 1. The Bertz CT molecular complexity index is 337. The first-order valence-electron chi connectivity index (χ1n) is 4.53. The van der Waals surface area contributed by atoms with Crippen molar-refractivity contribution >= 4 is 28.8 Å². The Morgan fingerprint density at radius 1 is 1.57 bits per heavy atom. The van der Waals surface area contributed by atoms with Crippen LogP contribution in [0.25, 0.3) is 0 Å². The highest BCUT2D eigenvalue weighted by molar-refractivity contribution is 7.17. The van der Waals surface area contributed by atoms with Gasteiger partial charge in [0.25, 0.3) is 5.91 Å². The predicted octanol–water partition coefficient (Wildman–Crippen LogP) is 1.72. The van der Waals surface area contributed by atoms with Gasteiger partial charge in [0, 0.05) is 6.54 Å². The molecule has 1 heterocycles. The maximum atomic E-state index is 11.4. The van der Waals surface area contributed by atoms with E-state index in [4.69, 9.17) is 11.6 Å². The summed E-state index contributed by atoms with van der Waals surface area (Å²) >= 11 is 6.67. The lowest BCUT2D eigenvalue weighted by atomic mass is 9.85. The van der Waals surface area contributed by atoms with Crippen molar-refractivity contribution in [2.75, 3.05) is 6.54 Å². The van der Waals surface area contributed by atoms with Crippen molar-refractivity contribution in [3.8, 4) is 0 Å². The second kappa shape index (κ2) is 4.23. The summed E-state index contributed by atoms with van der Waals surface area (Å²) in [6.07, 6.45) is 3.72. The fourth-order valence-electron chi connectivity index (χ4n) is 1.31. The van der Waals surface area contributed by atoms with Crippen molar-refractivity contribution in [2.45, 2.75) is 19.3 Å². The molecular weight excluding hydrogens is 222 g/mol. The maximum Gasteiger partial charge on any atom is 0.282 e. The van der Waals surface area contributed by atoms with Crippen molar-refractivity contribution in [3.05, 3.63) is 9.47 Å². The van der Waals surface area contributed by atoms with E-state index in [-0.39, 0.29) is 5.91 Å². The highest BCUT2D eigenvalue weighted by Crippen LogP contribution is 2.25. The minimum atomic E-state index is -0.165. The average molecular weight is 232 g/mol. The average Bonchev–Trinajstić information content (AvgIpc) is 2.49. The van der Waals surface area contributed by atoms with Crippen LogP contribution in [0.5, 0.6) is 0 Å². The van der Waals surface area contributed by atoms with Crippen LogP contribution in [0.1, 0.15) is 29.1 Å². The van der Waals surface area contributed by atoms with Gasteiger partial charge in [-0.1, -0.05) is 17.8 Å². The summed E-state index contributed by atoms with van der Waals surface area (Å²) in [6, 6.07) is 0. The molecule has 0 aromatic carbocycles. The lowest BCUT2D eigenvalue weighted by Crippen LogP contribution is -2.32. The predicted molar refractivity (Wildman–Crippen MR) is 54.6 cm³/mol. The number of carbonyl (C=O) groups excluding carboxylic acids is 1. The molecule has 0 bridgehead atoms. The third kappa shape index (κ3) is 2.22. The van der Waals surface area contributed by atoms with Crippen molar-refractivity contribution in [1.29, 1.82) is 0 Å². The first-order chi connectivity index (χ1) is 6.75. The Morgan fingerprint density at radius 2 is 2.36 bits per heavy atom. The number of rotatable bonds is 3. The van der Waals surface area contributed by atoms with Gasteiger partial charge in [0.05, 0.1) is 0 Å². The van der Waals surface area contributed by atoms with Crippen LogP contribution in [0.3, 0.4) is 0 Å². The summed E-state index contributed by atoms with van der Waals surface area (Å²) in [5.41, 5.74) is 0. The molecule has 0 atom stereocenters. The summed E-state index contributed by atoms with van der Waals surface area (Å²) in [4.78, 5) is 11.4. The van der Waals surface area contributed by atoms with E-state index in [1.807, 2.05) is 0 Å². The number of aromatic nitrogens is 2. The Balaban J connectivity index is 1.82. The van der Waals surface area contributed by atoms with Crippen LogP contribution in [-0.2, 0) is 0 Å².